The second-order valence-electron chi connectivity index (χ2n) is 5.21. The molecule has 1 aliphatic heterocycles. The molecule has 0 aromatic carbocycles. The molecule has 2 heterocycles. The molecule has 1 aromatic heterocycles. The molecule has 3 atom stereocenters. The zero-order chi connectivity index (χ0) is 14.2. The van der Waals surface area contributed by atoms with E-state index in [4.69, 9.17) is 9.47 Å². The van der Waals surface area contributed by atoms with E-state index in [1.165, 1.54) is 0 Å². The molecule has 0 aliphatic carbocycles. The van der Waals surface area contributed by atoms with Crippen LogP contribution in [0.4, 0.5) is 0 Å². The fraction of sp³-hybridized carbons (Fsp3) is 0.667. The van der Waals surface area contributed by atoms with Crippen LogP contribution in [-0.4, -0.2) is 48.7 Å². The Bertz CT molecular complexity index is 369. The lowest BCUT2D eigenvalue weighted by molar-refractivity contribution is -0.0168. The van der Waals surface area contributed by atoms with E-state index in [9.17, 15) is 5.11 Å². The summed E-state index contributed by atoms with van der Waals surface area (Å²) in [7, 11) is 0. The highest BCUT2D eigenvalue weighted by Crippen LogP contribution is 2.12. The van der Waals surface area contributed by atoms with Gasteiger partial charge in [-0.3, -0.25) is 4.98 Å². The molecular weight excluding hydrogens is 256 g/mol. The molecule has 5 nitrogen and oxygen atoms in total. The SMILES string of the molecule is CC(NCC(O)COCC1CCCO1)c1ccccn1. The Morgan fingerprint density at radius 1 is 1.55 bits per heavy atom. The second kappa shape index (κ2) is 8.32. The van der Waals surface area contributed by atoms with E-state index in [-0.39, 0.29) is 12.1 Å². The van der Waals surface area contributed by atoms with Crippen LogP contribution in [0.25, 0.3) is 0 Å². The zero-order valence-corrected chi connectivity index (χ0v) is 12.0. The summed E-state index contributed by atoms with van der Waals surface area (Å²) >= 11 is 0. The maximum Gasteiger partial charge on any atom is 0.0897 e. The lowest BCUT2D eigenvalue weighted by atomic mass is 10.2. The zero-order valence-electron chi connectivity index (χ0n) is 12.0. The maximum atomic E-state index is 9.87. The lowest BCUT2D eigenvalue weighted by Crippen LogP contribution is -2.33. The van der Waals surface area contributed by atoms with E-state index in [0.717, 1.165) is 25.1 Å². The monoisotopic (exact) mass is 280 g/mol. The van der Waals surface area contributed by atoms with Crippen molar-refractivity contribution in [3.05, 3.63) is 30.1 Å². The molecule has 2 rings (SSSR count). The average Bonchev–Trinajstić information content (AvgIpc) is 2.99. The van der Waals surface area contributed by atoms with Gasteiger partial charge in [0.15, 0.2) is 0 Å². The average molecular weight is 280 g/mol. The molecule has 1 aliphatic rings. The quantitative estimate of drug-likeness (QED) is 0.751. The molecular formula is C15H24N2O3. The lowest BCUT2D eigenvalue weighted by Gasteiger charge is -2.17. The van der Waals surface area contributed by atoms with E-state index in [1.54, 1.807) is 6.20 Å². The minimum absolute atomic E-state index is 0.115. The highest BCUT2D eigenvalue weighted by atomic mass is 16.5. The molecule has 1 fully saturated rings. The molecule has 0 spiro atoms. The minimum Gasteiger partial charge on any atom is -0.389 e. The van der Waals surface area contributed by atoms with Crippen molar-refractivity contribution in [2.24, 2.45) is 0 Å². The van der Waals surface area contributed by atoms with Crippen molar-refractivity contribution in [3.63, 3.8) is 0 Å². The van der Waals surface area contributed by atoms with Gasteiger partial charge < -0.3 is 19.9 Å². The van der Waals surface area contributed by atoms with Gasteiger partial charge in [-0.1, -0.05) is 6.07 Å². The number of hydrogen-bond donors (Lipinski definition) is 2. The Hall–Kier alpha value is -1.01. The minimum atomic E-state index is -0.512. The summed E-state index contributed by atoms with van der Waals surface area (Å²) in [6, 6.07) is 5.94. The summed E-state index contributed by atoms with van der Waals surface area (Å²) in [6.45, 7) is 4.26. The molecule has 20 heavy (non-hydrogen) atoms. The number of aliphatic hydroxyl groups is 1. The first-order valence-corrected chi connectivity index (χ1v) is 7.27. The summed E-state index contributed by atoms with van der Waals surface area (Å²) in [5.41, 5.74) is 0.972. The van der Waals surface area contributed by atoms with Crippen LogP contribution in [0, 0.1) is 0 Å². The Morgan fingerprint density at radius 3 is 3.15 bits per heavy atom. The molecule has 3 unspecified atom stereocenters. The third-order valence-corrected chi connectivity index (χ3v) is 3.43. The first kappa shape index (κ1) is 15.4. The second-order valence-corrected chi connectivity index (χ2v) is 5.21. The van der Waals surface area contributed by atoms with Crippen LogP contribution >= 0.6 is 0 Å². The number of pyridine rings is 1. The van der Waals surface area contributed by atoms with E-state index in [2.05, 4.69) is 10.3 Å². The molecule has 112 valence electrons. The van der Waals surface area contributed by atoms with Crippen LogP contribution in [0.3, 0.4) is 0 Å². The van der Waals surface area contributed by atoms with Crippen LogP contribution in [0.5, 0.6) is 0 Å². The third-order valence-electron chi connectivity index (χ3n) is 3.43. The Balaban J connectivity index is 1.58. The summed E-state index contributed by atoms with van der Waals surface area (Å²) in [6.07, 6.45) is 3.64. The van der Waals surface area contributed by atoms with Crippen LogP contribution in [-0.2, 0) is 9.47 Å². The van der Waals surface area contributed by atoms with Gasteiger partial charge >= 0.3 is 0 Å². The smallest absolute Gasteiger partial charge is 0.0897 e. The Labute approximate surface area is 120 Å². The van der Waals surface area contributed by atoms with Crippen LogP contribution in [0.15, 0.2) is 24.4 Å². The maximum absolute atomic E-state index is 9.87. The van der Waals surface area contributed by atoms with Crippen molar-refractivity contribution in [1.82, 2.24) is 10.3 Å². The van der Waals surface area contributed by atoms with Crippen LogP contribution in [0.2, 0.25) is 0 Å². The highest BCUT2D eigenvalue weighted by Gasteiger charge is 2.16. The fourth-order valence-corrected chi connectivity index (χ4v) is 2.22. The summed E-state index contributed by atoms with van der Waals surface area (Å²) in [4.78, 5) is 4.28. The van der Waals surface area contributed by atoms with Crippen molar-refractivity contribution in [2.45, 2.75) is 38.0 Å². The van der Waals surface area contributed by atoms with Gasteiger partial charge in [-0.2, -0.15) is 0 Å². The molecule has 2 N–H and O–H groups in total. The van der Waals surface area contributed by atoms with Gasteiger partial charge in [-0.15, -0.1) is 0 Å². The van der Waals surface area contributed by atoms with E-state index in [1.807, 2.05) is 25.1 Å². The molecule has 0 radical (unpaired) electrons. The number of rotatable bonds is 8. The first-order chi connectivity index (χ1) is 9.75. The van der Waals surface area contributed by atoms with Gasteiger partial charge in [0.2, 0.25) is 0 Å². The van der Waals surface area contributed by atoms with Gasteiger partial charge in [-0.25, -0.2) is 0 Å². The van der Waals surface area contributed by atoms with Gasteiger partial charge in [0.05, 0.1) is 31.1 Å². The number of nitrogens with zero attached hydrogens (tertiary/aromatic N) is 1. The van der Waals surface area contributed by atoms with Crippen molar-refractivity contribution < 1.29 is 14.6 Å². The molecule has 0 saturated carbocycles. The summed E-state index contributed by atoms with van der Waals surface area (Å²) in [5.74, 6) is 0. The standard InChI is InChI=1S/C15H24N2O3/c1-12(15-6-2-3-7-16-15)17-9-13(18)10-19-11-14-5-4-8-20-14/h2-3,6-7,12-14,17-18H,4-5,8-11H2,1H3. The van der Waals surface area contributed by atoms with E-state index >= 15 is 0 Å². The molecule has 0 amide bonds. The van der Waals surface area contributed by atoms with Gasteiger partial charge in [0.25, 0.3) is 0 Å². The number of hydrogen-bond acceptors (Lipinski definition) is 5. The molecule has 5 heteroatoms. The van der Waals surface area contributed by atoms with Crippen molar-refractivity contribution >= 4 is 0 Å². The van der Waals surface area contributed by atoms with E-state index in [0.29, 0.717) is 19.8 Å². The Morgan fingerprint density at radius 2 is 2.45 bits per heavy atom. The van der Waals surface area contributed by atoms with Gasteiger partial charge in [0.1, 0.15) is 0 Å². The summed E-state index contributed by atoms with van der Waals surface area (Å²) in [5, 5.41) is 13.1. The predicted molar refractivity (Wildman–Crippen MR) is 76.5 cm³/mol. The van der Waals surface area contributed by atoms with E-state index < -0.39 is 6.10 Å². The van der Waals surface area contributed by atoms with Crippen molar-refractivity contribution in [1.29, 1.82) is 0 Å². The van der Waals surface area contributed by atoms with Gasteiger partial charge in [0, 0.05) is 25.4 Å². The largest absolute Gasteiger partial charge is 0.389 e. The third kappa shape index (κ3) is 5.17. The van der Waals surface area contributed by atoms with Crippen LogP contribution < -0.4 is 5.32 Å². The normalized spacial score (nSPS) is 21.8. The predicted octanol–water partition coefficient (Wildman–Crippen LogP) is 1.29. The van der Waals surface area contributed by atoms with Crippen molar-refractivity contribution in [2.75, 3.05) is 26.4 Å². The summed E-state index contributed by atoms with van der Waals surface area (Å²) < 4.78 is 10.9. The molecule has 1 saturated heterocycles. The highest BCUT2D eigenvalue weighted by molar-refractivity contribution is 5.07. The number of aliphatic hydroxyl groups excluding tert-OH is 1. The number of nitrogens with one attached hydrogen (secondary N) is 1. The number of aromatic nitrogens is 1. The fourth-order valence-electron chi connectivity index (χ4n) is 2.22. The first-order valence-electron chi connectivity index (χ1n) is 7.27. The topological polar surface area (TPSA) is 63.6 Å². The molecule has 1 aromatic rings. The molecule has 0 bridgehead atoms. The number of ether oxygens (including phenoxy) is 2. The Kier molecular flexibility index (Phi) is 6.39. The van der Waals surface area contributed by atoms with Crippen molar-refractivity contribution in [3.8, 4) is 0 Å². The van der Waals surface area contributed by atoms with Gasteiger partial charge in [-0.05, 0) is 31.9 Å². The van der Waals surface area contributed by atoms with Crippen LogP contribution in [0.1, 0.15) is 31.5 Å².